The first-order valence-electron chi connectivity index (χ1n) is 5.98. The summed E-state index contributed by atoms with van der Waals surface area (Å²) in [6.45, 7) is 4.57. The average Bonchev–Trinajstić information content (AvgIpc) is 2.57. The summed E-state index contributed by atoms with van der Waals surface area (Å²) in [5, 5.41) is 0. The van der Waals surface area contributed by atoms with E-state index < -0.39 is 0 Å². The number of hydrogen-bond acceptors (Lipinski definition) is 1. The van der Waals surface area contributed by atoms with Crippen molar-refractivity contribution in [2.24, 2.45) is 23.7 Å². The molecule has 0 radical (unpaired) electrons. The van der Waals surface area contributed by atoms with Crippen LogP contribution in [0.3, 0.4) is 0 Å². The minimum Gasteiger partial charge on any atom is -0.375 e. The van der Waals surface area contributed by atoms with Crippen LogP contribution in [0.4, 0.5) is 0 Å². The Morgan fingerprint density at radius 3 is 2.54 bits per heavy atom. The van der Waals surface area contributed by atoms with Crippen LogP contribution < -0.4 is 0 Å². The summed E-state index contributed by atoms with van der Waals surface area (Å²) < 4.78 is 6.03. The van der Waals surface area contributed by atoms with Crippen LogP contribution in [-0.4, -0.2) is 12.2 Å². The van der Waals surface area contributed by atoms with Crippen LogP contribution in [0.5, 0.6) is 0 Å². The molecule has 0 aromatic heterocycles. The summed E-state index contributed by atoms with van der Waals surface area (Å²) in [5.41, 5.74) is 0. The molecule has 6 unspecified atom stereocenters. The normalized spacial score (nSPS) is 58.6. The van der Waals surface area contributed by atoms with Gasteiger partial charge in [0.1, 0.15) is 0 Å². The molecule has 0 bridgehead atoms. The predicted octanol–water partition coefficient (Wildman–Crippen LogP) is 2.85. The summed E-state index contributed by atoms with van der Waals surface area (Å²) in [5.74, 6) is 4.00. The van der Waals surface area contributed by atoms with E-state index in [1.165, 1.54) is 25.7 Å². The van der Waals surface area contributed by atoms with E-state index in [-0.39, 0.29) is 0 Å². The largest absolute Gasteiger partial charge is 0.375 e. The molecule has 13 heavy (non-hydrogen) atoms. The summed E-state index contributed by atoms with van der Waals surface area (Å²) >= 11 is 0. The Morgan fingerprint density at radius 2 is 1.85 bits per heavy atom. The lowest BCUT2D eigenvalue weighted by atomic mass is 9.56. The van der Waals surface area contributed by atoms with Crippen LogP contribution in [0.25, 0.3) is 0 Å². The molecule has 1 nitrogen and oxygen atoms in total. The molecule has 1 aliphatic heterocycles. The molecule has 2 aliphatic carbocycles. The molecule has 0 aromatic rings. The van der Waals surface area contributed by atoms with Crippen molar-refractivity contribution in [3.63, 3.8) is 0 Å². The maximum Gasteiger partial charge on any atom is 0.0610 e. The summed E-state index contributed by atoms with van der Waals surface area (Å²) in [6, 6.07) is 0. The lowest BCUT2D eigenvalue weighted by Crippen LogP contribution is -2.46. The molecular weight excluding hydrogens is 160 g/mol. The lowest BCUT2D eigenvalue weighted by molar-refractivity contribution is 0.0127. The first kappa shape index (κ1) is 8.28. The highest BCUT2D eigenvalue weighted by atomic mass is 16.5. The van der Waals surface area contributed by atoms with Crippen molar-refractivity contribution in [1.29, 1.82) is 0 Å². The van der Waals surface area contributed by atoms with Crippen LogP contribution in [0, 0.1) is 23.7 Å². The van der Waals surface area contributed by atoms with Crippen molar-refractivity contribution in [3.05, 3.63) is 0 Å². The summed E-state index contributed by atoms with van der Waals surface area (Å²) in [4.78, 5) is 0. The van der Waals surface area contributed by atoms with Gasteiger partial charge in [0.05, 0.1) is 12.2 Å². The Kier molecular flexibility index (Phi) is 1.74. The Bertz CT molecular complexity index is 211. The van der Waals surface area contributed by atoms with Gasteiger partial charge in [-0.3, -0.25) is 0 Å². The van der Waals surface area contributed by atoms with Crippen LogP contribution >= 0.6 is 0 Å². The minimum absolute atomic E-state index is 0.564. The maximum atomic E-state index is 6.03. The fourth-order valence-corrected chi connectivity index (χ4v) is 4.41. The van der Waals surface area contributed by atoms with E-state index >= 15 is 0 Å². The van der Waals surface area contributed by atoms with Crippen molar-refractivity contribution in [2.75, 3.05) is 0 Å². The fourth-order valence-electron chi connectivity index (χ4n) is 4.41. The first-order valence-corrected chi connectivity index (χ1v) is 5.98. The molecule has 3 fully saturated rings. The summed E-state index contributed by atoms with van der Waals surface area (Å²) in [6.07, 6.45) is 6.89. The van der Waals surface area contributed by atoms with E-state index in [9.17, 15) is 0 Å². The van der Waals surface area contributed by atoms with Gasteiger partial charge in [-0.15, -0.1) is 0 Å². The van der Waals surface area contributed by atoms with Crippen molar-refractivity contribution in [3.8, 4) is 0 Å². The van der Waals surface area contributed by atoms with Gasteiger partial charge in [0.2, 0.25) is 0 Å². The van der Waals surface area contributed by atoms with E-state index in [1.54, 1.807) is 0 Å². The van der Waals surface area contributed by atoms with Crippen molar-refractivity contribution in [2.45, 2.75) is 51.7 Å². The summed E-state index contributed by atoms with van der Waals surface area (Å²) in [7, 11) is 0. The molecule has 1 heteroatoms. The molecule has 0 spiro atoms. The first-order chi connectivity index (χ1) is 6.33. The lowest BCUT2D eigenvalue weighted by Gasteiger charge is -2.47. The van der Waals surface area contributed by atoms with Crippen LogP contribution in [-0.2, 0) is 4.74 Å². The molecule has 0 aromatic carbocycles. The van der Waals surface area contributed by atoms with Gasteiger partial charge in [-0.25, -0.2) is 0 Å². The third kappa shape index (κ3) is 0.918. The molecule has 3 rings (SSSR count). The fraction of sp³-hybridized carbons (Fsp3) is 1.00. The molecule has 2 saturated carbocycles. The van der Waals surface area contributed by atoms with Crippen LogP contribution in [0.15, 0.2) is 0 Å². The quantitative estimate of drug-likeness (QED) is 0.603. The monoisotopic (exact) mass is 180 g/mol. The molecule has 74 valence electrons. The van der Waals surface area contributed by atoms with Gasteiger partial charge in [0.25, 0.3) is 0 Å². The SMILES string of the molecule is CCC1OC(C)C2C3CCCC3C12. The van der Waals surface area contributed by atoms with Crippen LogP contribution in [0.1, 0.15) is 39.5 Å². The van der Waals surface area contributed by atoms with Crippen molar-refractivity contribution >= 4 is 0 Å². The van der Waals surface area contributed by atoms with Gasteiger partial charge in [-0.1, -0.05) is 13.3 Å². The number of hydrogen-bond donors (Lipinski definition) is 0. The number of fused-ring (bicyclic) bond motifs is 4. The Labute approximate surface area is 80.8 Å². The van der Waals surface area contributed by atoms with Crippen LogP contribution in [0.2, 0.25) is 0 Å². The molecule has 0 N–H and O–H groups in total. The van der Waals surface area contributed by atoms with Gasteiger partial charge in [0.15, 0.2) is 0 Å². The van der Waals surface area contributed by atoms with E-state index in [0.29, 0.717) is 12.2 Å². The Balaban J connectivity index is 1.82. The molecule has 3 aliphatic rings. The van der Waals surface area contributed by atoms with E-state index in [0.717, 1.165) is 23.7 Å². The van der Waals surface area contributed by atoms with Crippen molar-refractivity contribution < 1.29 is 4.74 Å². The predicted molar refractivity (Wildman–Crippen MR) is 52.4 cm³/mol. The van der Waals surface area contributed by atoms with Gasteiger partial charge in [-0.05, 0) is 49.9 Å². The van der Waals surface area contributed by atoms with E-state index in [1.807, 2.05) is 0 Å². The minimum atomic E-state index is 0.564. The van der Waals surface area contributed by atoms with E-state index in [2.05, 4.69) is 13.8 Å². The zero-order chi connectivity index (χ0) is 9.00. The van der Waals surface area contributed by atoms with Gasteiger partial charge < -0.3 is 4.74 Å². The second-order valence-electron chi connectivity index (χ2n) is 5.20. The highest BCUT2D eigenvalue weighted by molar-refractivity contribution is 5.08. The molecule has 1 heterocycles. The van der Waals surface area contributed by atoms with E-state index in [4.69, 9.17) is 4.74 Å². The highest BCUT2D eigenvalue weighted by Crippen LogP contribution is 2.62. The van der Waals surface area contributed by atoms with Crippen molar-refractivity contribution in [1.82, 2.24) is 0 Å². The second kappa shape index (κ2) is 2.73. The maximum absolute atomic E-state index is 6.03. The standard InChI is InChI=1S/C12H20O/c1-3-10-12-9-6-4-5-8(9)11(12)7(2)13-10/h7-12H,3-6H2,1-2H3. The zero-order valence-corrected chi connectivity index (χ0v) is 8.70. The average molecular weight is 180 g/mol. The topological polar surface area (TPSA) is 9.23 Å². The third-order valence-electron chi connectivity index (χ3n) is 4.82. The smallest absolute Gasteiger partial charge is 0.0610 e. The number of rotatable bonds is 1. The molecule has 6 atom stereocenters. The van der Waals surface area contributed by atoms with Gasteiger partial charge in [-0.2, -0.15) is 0 Å². The van der Waals surface area contributed by atoms with Gasteiger partial charge in [0, 0.05) is 0 Å². The Hall–Kier alpha value is -0.0400. The molecule has 0 amide bonds. The second-order valence-corrected chi connectivity index (χ2v) is 5.20. The highest BCUT2D eigenvalue weighted by Gasteiger charge is 2.60. The number of ether oxygens (including phenoxy) is 1. The van der Waals surface area contributed by atoms with Gasteiger partial charge >= 0.3 is 0 Å². The molecule has 1 saturated heterocycles. The third-order valence-corrected chi connectivity index (χ3v) is 4.82. The molecular formula is C12H20O. The zero-order valence-electron chi connectivity index (χ0n) is 8.70. The Morgan fingerprint density at radius 1 is 1.15 bits per heavy atom.